The molecule has 18 heavy (non-hydrogen) atoms. The molecule has 0 nitrogen and oxygen atoms in total. The number of halogens is 3. The first-order chi connectivity index (χ1) is 6.41. The molecule has 0 saturated carbocycles. The molecule has 1 aliphatic carbocycles. The van der Waals surface area contributed by atoms with Gasteiger partial charge in [0.05, 0.1) is 0 Å². The molecule has 0 spiro atoms. The normalized spacial score (nSPS) is 14.7. The van der Waals surface area contributed by atoms with Gasteiger partial charge in [-0.1, -0.05) is 20.8 Å². The first-order valence-electron chi connectivity index (χ1n) is 5.33. The van der Waals surface area contributed by atoms with Crippen LogP contribution >= 0.6 is 58.9 Å². The summed E-state index contributed by atoms with van der Waals surface area (Å²) in [7, 11) is 0.185. The Labute approximate surface area is 165 Å². The van der Waals surface area contributed by atoms with E-state index in [1.807, 2.05) is 0 Å². The van der Waals surface area contributed by atoms with Crippen LogP contribution < -0.4 is 0 Å². The van der Waals surface area contributed by atoms with E-state index in [0.29, 0.717) is 11.3 Å². The molecule has 0 saturated heterocycles. The number of allylic oxidation sites excluding steroid dienone is 4. The Bertz CT molecular complexity index is 257. The maximum atomic E-state index is 3.48. The zero-order valence-corrected chi connectivity index (χ0v) is 20.3. The minimum atomic E-state index is 0. The van der Waals surface area contributed by atoms with Crippen LogP contribution in [0.1, 0.15) is 27.2 Å². The van der Waals surface area contributed by atoms with Gasteiger partial charge in [0.15, 0.2) is 0 Å². The monoisotopic (exact) mass is 539 g/mol. The minimum Gasteiger partial charge on any atom is -0.269 e. The summed E-state index contributed by atoms with van der Waals surface area (Å²) in [5, 5.41) is 0. The van der Waals surface area contributed by atoms with Crippen molar-refractivity contribution in [1.82, 2.24) is 0 Å². The molecule has 0 fully saturated rings. The Balaban J connectivity index is -0.000000245. The van der Waals surface area contributed by atoms with Crippen molar-refractivity contribution in [3.8, 4) is 0 Å². The summed E-state index contributed by atoms with van der Waals surface area (Å²) in [6.45, 7) is 11.8. The molecular weight excluding hydrogens is 518 g/mol. The molecule has 1 atom stereocenters. The summed E-state index contributed by atoms with van der Waals surface area (Å²) >= 11 is 0. The van der Waals surface area contributed by atoms with Gasteiger partial charge in [-0.15, -0.1) is 65.3 Å². The molecule has 1 rings (SSSR count). The van der Waals surface area contributed by atoms with Crippen molar-refractivity contribution in [3.63, 3.8) is 0 Å². The Morgan fingerprint density at radius 2 is 1.72 bits per heavy atom. The van der Waals surface area contributed by atoms with Crippen LogP contribution in [0.2, 0.25) is 0 Å². The third-order valence-electron chi connectivity index (χ3n) is 2.69. The number of hydrogen-bond donors (Lipinski definition) is 0. The minimum absolute atomic E-state index is 0. The summed E-state index contributed by atoms with van der Waals surface area (Å²) in [5.74, 6) is 0.697. The topological polar surface area (TPSA) is 0 Å². The standard InChI is InChI=1S/C13H22P.3BrH.Zr/c1-13(2,3)12(10-14(4)5)11-8-6-7-9-11;;;;/h6,8,12H,7,10H2,1-5H3;3*1H;/q-1;;;;. The van der Waals surface area contributed by atoms with E-state index in [1.54, 1.807) is 0 Å². The molecule has 5 heteroatoms. The van der Waals surface area contributed by atoms with Crippen LogP contribution in [0.5, 0.6) is 0 Å². The quantitative estimate of drug-likeness (QED) is 0.312. The molecule has 0 amide bonds. The Morgan fingerprint density at radius 1 is 1.22 bits per heavy atom. The number of rotatable bonds is 3. The van der Waals surface area contributed by atoms with E-state index in [2.05, 4.69) is 52.3 Å². The van der Waals surface area contributed by atoms with Gasteiger partial charge < -0.3 is 0 Å². The predicted molar refractivity (Wildman–Crippen MR) is 98.1 cm³/mol. The average molecular weight is 543 g/mol. The van der Waals surface area contributed by atoms with Crippen molar-refractivity contribution in [2.24, 2.45) is 11.3 Å². The maximum absolute atomic E-state index is 3.48. The molecule has 0 aromatic rings. The molecule has 1 unspecified atom stereocenters. The molecule has 0 bridgehead atoms. The van der Waals surface area contributed by atoms with Gasteiger partial charge >= 0.3 is 0 Å². The van der Waals surface area contributed by atoms with Crippen LogP contribution in [-0.2, 0) is 26.2 Å². The SMILES string of the molecule is Br.Br.Br.CP(C)CC(C1=[C-]CC=C1)C(C)(C)C.[Zr]. The van der Waals surface area contributed by atoms with Crippen LogP contribution in [0.25, 0.3) is 0 Å². The van der Waals surface area contributed by atoms with Gasteiger partial charge in [-0.05, 0) is 30.8 Å². The van der Waals surface area contributed by atoms with Gasteiger partial charge in [-0.3, -0.25) is 6.08 Å². The predicted octanol–water partition coefficient (Wildman–Crippen LogP) is 5.81. The van der Waals surface area contributed by atoms with Crippen molar-refractivity contribution in [3.05, 3.63) is 23.8 Å². The molecule has 0 heterocycles. The van der Waals surface area contributed by atoms with Crippen LogP contribution in [0, 0.1) is 17.4 Å². The van der Waals surface area contributed by atoms with E-state index in [1.165, 1.54) is 11.7 Å². The van der Waals surface area contributed by atoms with Crippen molar-refractivity contribution in [2.75, 3.05) is 19.5 Å². The molecular formula is C13H25Br3PZr-. The second kappa shape index (κ2) is 12.9. The van der Waals surface area contributed by atoms with Crippen LogP contribution in [-0.4, -0.2) is 19.5 Å². The molecule has 108 valence electrons. The Hall–Kier alpha value is 2.23. The van der Waals surface area contributed by atoms with Crippen molar-refractivity contribution >= 4 is 58.9 Å². The summed E-state index contributed by atoms with van der Waals surface area (Å²) in [5.41, 5.74) is 1.83. The maximum Gasteiger partial charge on any atom is 0 e. The zero-order chi connectivity index (χ0) is 10.8. The van der Waals surface area contributed by atoms with Gasteiger partial charge in [0.1, 0.15) is 0 Å². The largest absolute Gasteiger partial charge is 0.269 e. The van der Waals surface area contributed by atoms with Gasteiger partial charge in [-0.25, -0.2) is 11.6 Å². The zero-order valence-electron chi connectivity index (χ0n) is 11.8. The fraction of sp³-hybridized carbons (Fsp3) is 0.692. The van der Waals surface area contributed by atoms with Crippen molar-refractivity contribution < 1.29 is 26.2 Å². The molecule has 0 aliphatic heterocycles. The van der Waals surface area contributed by atoms with Crippen LogP contribution in [0.15, 0.2) is 17.7 Å². The third kappa shape index (κ3) is 10.0. The fourth-order valence-electron chi connectivity index (χ4n) is 1.86. The molecule has 0 aromatic carbocycles. The molecule has 0 N–H and O–H groups in total. The van der Waals surface area contributed by atoms with E-state index in [-0.39, 0.29) is 85.1 Å². The van der Waals surface area contributed by atoms with Gasteiger partial charge in [-0.2, -0.15) is 6.08 Å². The summed E-state index contributed by atoms with van der Waals surface area (Å²) in [6, 6.07) is 0. The van der Waals surface area contributed by atoms with E-state index in [0.717, 1.165) is 6.42 Å². The van der Waals surface area contributed by atoms with Crippen molar-refractivity contribution in [2.45, 2.75) is 27.2 Å². The third-order valence-corrected chi connectivity index (χ3v) is 3.79. The van der Waals surface area contributed by atoms with E-state index in [9.17, 15) is 0 Å². The average Bonchev–Trinajstić information content (AvgIpc) is 2.49. The fourth-order valence-corrected chi connectivity index (χ4v) is 3.34. The van der Waals surface area contributed by atoms with E-state index < -0.39 is 0 Å². The first kappa shape index (κ1) is 28.4. The summed E-state index contributed by atoms with van der Waals surface area (Å²) < 4.78 is 0. The van der Waals surface area contributed by atoms with Crippen LogP contribution in [0.4, 0.5) is 0 Å². The van der Waals surface area contributed by atoms with E-state index >= 15 is 0 Å². The first-order valence-corrected chi connectivity index (χ1v) is 7.75. The summed E-state index contributed by atoms with van der Waals surface area (Å²) in [4.78, 5) is 0. The Kier molecular flexibility index (Phi) is 20.4. The van der Waals surface area contributed by atoms with E-state index in [4.69, 9.17) is 0 Å². The number of hydrogen-bond acceptors (Lipinski definition) is 0. The smallest absolute Gasteiger partial charge is 0 e. The summed E-state index contributed by atoms with van der Waals surface area (Å²) in [6.07, 6.45) is 10.3. The van der Waals surface area contributed by atoms with Crippen molar-refractivity contribution in [1.29, 1.82) is 0 Å². The Morgan fingerprint density at radius 3 is 2.00 bits per heavy atom. The molecule has 1 aliphatic rings. The molecule has 0 aromatic heterocycles. The van der Waals surface area contributed by atoms with Crippen LogP contribution in [0.3, 0.4) is 0 Å². The second-order valence-corrected chi connectivity index (χ2v) is 7.94. The van der Waals surface area contributed by atoms with Gasteiger partial charge in [0, 0.05) is 26.2 Å². The van der Waals surface area contributed by atoms with Gasteiger partial charge in [0.25, 0.3) is 0 Å². The second-order valence-electron chi connectivity index (χ2n) is 5.42. The molecule has 0 radical (unpaired) electrons. The van der Waals surface area contributed by atoms with Gasteiger partial charge in [0.2, 0.25) is 0 Å².